The Morgan fingerprint density at radius 3 is 2.50 bits per heavy atom. The Balaban J connectivity index is 1.16. The first kappa shape index (κ1) is 27.7. The summed E-state index contributed by atoms with van der Waals surface area (Å²) in [4.78, 5) is 12.3. The van der Waals surface area contributed by atoms with E-state index in [1.807, 2.05) is 35.9 Å². The number of allylic oxidation sites excluding steroid dienone is 4. The first-order valence-corrected chi connectivity index (χ1v) is 15.8. The highest BCUT2D eigenvalue weighted by molar-refractivity contribution is 5.72. The van der Waals surface area contributed by atoms with Gasteiger partial charge in [0.1, 0.15) is 0 Å². The molecule has 208 valence electrons. The van der Waals surface area contributed by atoms with E-state index < -0.39 is 0 Å². The molecule has 0 saturated heterocycles. The van der Waals surface area contributed by atoms with Crippen LogP contribution >= 0.6 is 0 Å². The number of rotatable bonds is 8. The molecule has 0 spiro atoms. The van der Waals surface area contributed by atoms with Crippen LogP contribution in [-0.2, 0) is 16.0 Å². The van der Waals surface area contributed by atoms with Crippen molar-refractivity contribution < 1.29 is 9.53 Å². The SMILES string of the molecule is CC(COC(=O)Cc1ccccc1)[C@@H](C)C=C[C@@H](C)[C@H]1CC[C@H]2C3=CCC4CCCC[C@]4(C)[C@H]3CC[C@]12C. The van der Waals surface area contributed by atoms with Crippen molar-refractivity contribution in [2.45, 2.75) is 98.8 Å². The van der Waals surface area contributed by atoms with Crippen molar-refractivity contribution in [3.8, 4) is 0 Å². The zero-order valence-corrected chi connectivity index (χ0v) is 24.8. The lowest BCUT2D eigenvalue weighted by molar-refractivity contribution is -0.144. The summed E-state index contributed by atoms with van der Waals surface area (Å²) in [6.07, 6.45) is 20.8. The maximum absolute atomic E-state index is 12.3. The fourth-order valence-electron chi connectivity index (χ4n) is 9.31. The van der Waals surface area contributed by atoms with Crippen molar-refractivity contribution in [2.24, 2.45) is 52.3 Å². The van der Waals surface area contributed by atoms with Gasteiger partial charge in [-0.15, -0.1) is 0 Å². The molecule has 3 fully saturated rings. The molecule has 0 bridgehead atoms. The third-order valence-electron chi connectivity index (χ3n) is 12.0. The summed E-state index contributed by atoms with van der Waals surface area (Å²) in [6.45, 7) is 12.7. The summed E-state index contributed by atoms with van der Waals surface area (Å²) in [6, 6.07) is 9.88. The van der Waals surface area contributed by atoms with Gasteiger partial charge < -0.3 is 4.74 Å². The Labute approximate surface area is 232 Å². The van der Waals surface area contributed by atoms with E-state index in [4.69, 9.17) is 4.74 Å². The number of esters is 1. The molecule has 0 amide bonds. The highest BCUT2D eigenvalue weighted by Gasteiger charge is 2.57. The van der Waals surface area contributed by atoms with Crippen LogP contribution in [-0.4, -0.2) is 12.6 Å². The van der Waals surface area contributed by atoms with Crippen LogP contribution in [0, 0.1) is 52.3 Å². The highest BCUT2D eigenvalue weighted by atomic mass is 16.5. The fourth-order valence-corrected chi connectivity index (χ4v) is 9.31. The number of fused-ring (bicyclic) bond motifs is 5. The van der Waals surface area contributed by atoms with Gasteiger partial charge in [-0.3, -0.25) is 4.79 Å². The lowest BCUT2D eigenvalue weighted by Crippen LogP contribution is -2.48. The largest absolute Gasteiger partial charge is 0.465 e. The second-order valence-corrected chi connectivity index (χ2v) is 14.1. The molecule has 0 heterocycles. The number of ether oxygens (including phenoxy) is 1. The van der Waals surface area contributed by atoms with E-state index in [9.17, 15) is 4.79 Å². The molecule has 4 aliphatic carbocycles. The summed E-state index contributed by atoms with van der Waals surface area (Å²) in [5.41, 5.74) is 3.92. The average molecular weight is 517 g/mol. The standard InChI is InChI=1S/C36H52O2/c1-25(27(3)24-38-34(37)23-28-11-7-6-8-12-28)14-15-26(2)31-18-19-32-30-17-16-29-13-9-10-21-35(29,4)33(30)20-22-36(31,32)5/h6-8,11-12,14-15,17,25-27,29,31-33H,9-10,13,16,18-24H2,1-5H3/t25-,26+,27?,29?,31+,32-,33-,35-,36+/m0/s1. The summed E-state index contributed by atoms with van der Waals surface area (Å²) in [5.74, 6) is 4.56. The molecule has 0 N–H and O–H groups in total. The van der Waals surface area contributed by atoms with Gasteiger partial charge in [0.2, 0.25) is 0 Å². The zero-order chi connectivity index (χ0) is 26.9. The van der Waals surface area contributed by atoms with E-state index in [1.54, 1.807) is 0 Å². The average Bonchev–Trinajstić information content (AvgIpc) is 3.27. The molecule has 38 heavy (non-hydrogen) atoms. The van der Waals surface area contributed by atoms with Crippen molar-refractivity contribution in [1.29, 1.82) is 0 Å². The predicted octanol–water partition coefficient (Wildman–Crippen LogP) is 9.21. The third-order valence-corrected chi connectivity index (χ3v) is 12.0. The molecule has 9 atom stereocenters. The Morgan fingerprint density at radius 1 is 0.947 bits per heavy atom. The number of carbonyl (C=O) groups is 1. The van der Waals surface area contributed by atoms with Crippen molar-refractivity contribution in [1.82, 2.24) is 0 Å². The molecule has 0 radical (unpaired) electrons. The van der Waals surface area contributed by atoms with Crippen molar-refractivity contribution in [3.63, 3.8) is 0 Å². The van der Waals surface area contributed by atoms with Gasteiger partial charge in [-0.25, -0.2) is 0 Å². The fraction of sp³-hybridized carbons (Fsp3) is 0.694. The molecule has 5 rings (SSSR count). The third kappa shape index (κ3) is 5.31. The van der Waals surface area contributed by atoms with E-state index in [-0.39, 0.29) is 5.97 Å². The topological polar surface area (TPSA) is 26.3 Å². The molecular weight excluding hydrogens is 464 g/mol. The second kappa shape index (κ2) is 11.3. The molecule has 2 heteroatoms. The van der Waals surface area contributed by atoms with Crippen molar-refractivity contribution >= 4 is 5.97 Å². The first-order chi connectivity index (χ1) is 18.2. The minimum atomic E-state index is -0.126. The monoisotopic (exact) mass is 516 g/mol. The van der Waals surface area contributed by atoms with Gasteiger partial charge in [-0.05, 0) is 103 Å². The Kier molecular flexibility index (Phi) is 8.28. The van der Waals surface area contributed by atoms with Crippen LogP contribution in [0.25, 0.3) is 0 Å². The van der Waals surface area contributed by atoms with Gasteiger partial charge in [0.25, 0.3) is 0 Å². The van der Waals surface area contributed by atoms with Gasteiger partial charge in [0, 0.05) is 0 Å². The summed E-state index contributed by atoms with van der Waals surface area (Å²) >= 11 is 0. The molecule has 1 aromatic carbocycles. The summed E-state index contributed by atoms with van der Waals surface area (Å²) in [5, 5.41) is 0. The minimum Gasteiger partial charge on any atom is -0.465 e. The summed E-state index contributed by atoms with van der Waals surface area (Å²) < 4.78 is 5.64. The molecule has 4 aliphatic rings. The lowest BCUT2D eigenvalue weighted by Gasteiger charge is -2.57. The number of hydrogen-bond donors (Lipinski definition) is 0. The van der Waals surface area contributed by atoms with Crippen LogP contribution in [0.15, 0.2) is 54.1 Å². The number of hydrogen-bond acceptors (Lipinski definition) is 2. The van der Waals surface area contributed by atoms with Crippen LogP contribution in [0.1, 0.15) is 98.0 Å². The second-order valence-electron chi connectivity index (χ2n) is 14.1. The van der Waals surface area contributed by atoms with E-state index in [2.05, 4.69) is 52.8 Å². The van der Waals surface area contributed by atoms with E-state index in [1.165, 1.54) is 57.8 Å². The molecule has 3 saturated carbocycles. The first-order valence-electron chi connectivity index (χ1n) is 15.8. The number of benzene rings is 1. The van der Waals surface area contributed by atoms with Gasteiger partial charge in [-0.1, -0.05) is 102 Å². The maximum Gasteiger partial charge on any atom is 0.310 e. The number of carbonyl (C=O) groups excluding carboxylic acids is 1. The molecular formula is C36H52O2. The van der Waals surface area contributed by atoms with Crippen LogP contribution in [0.5, 0.6) is 0 Å². The zero-order valence-electron chi connectivity index (χ0n) is 24.8. The maximum atomic E-state index is 12.3. The molecule has 0 aromatic heterocycles. The quantitative estimate of drug-likeness (QED) is 0.254. The van der Waals surface area contributed by atoms with Crippen molar-refractivity contribution in [3.05, 3.63) is 59.7 Å². The van der Waals surface area contributed by atoms with E-state index in [0.717, 1.165) is 29.2 Å². The van der Waals surface area contributed by atoms with Gasteiger partial charge in [-0.2, -0.15) is 0 Å². The van der Waals surface area contributed by atoms with Crippen molar-refractivity contribution in [2.75, 3.05) is 6.61 Å². The normalized spacial score (nSPS) is 36.9. The summed E-state index contributed by atoms with van der Waals surface area (Å²) in [7, 11) is 0. The van der Waals surface area contributed by atoms with Gasteiger partial charge in [0.05, 0.1) is 13.0 Å². The smallest absolute Gasteiger partial charge is 0.310 e. The lowest BCUT2D eigenvalue weighted by atomic mass is 9.48. The molecule has 2 nitrogen and oxygen atoms in total. The van der Waals surface area contributed by atoms with Crippen LogP contribution in [0.2, 0.25) is 0 Å². The Morgan fingerprint density at radius 2 is 1.71 bits per heavy atom. The van der Waals surface area contributed by atoms with Gasteiger partial charge in [0.15, 0.2) is 0 Å². The van der Waals surface area contributed by atoms with E-state index >= 15 is 0 Å². The minimum absolute atomic E-state index is 0.126. The molecule has 2 unspecified atom stereocenters. The van der Waals surface area contributed by atoms with E-state index in [0.29, 0.717) is 41.6 Å². The molecule has 1 aromatic rings. The molecule has 0 aliphatic heterocycles. The van der Waals surface area contributed by atoms with Crippen LogP contribution in [0.3, 0.4) is 0 Å². The predicted molar refractivity (Wildman–Crippen MR) is 158 cm³/mol. The Hall–Kier alpha value is -1.83. The Bertz CT molecular complexity index is 1020. The highest BCUT2D eigenvalue weighted by Crippen LogP contribution is 2.66. The van der Waals surface area contributed by atoms with Crippen LogP contribution in [0.4, 0.5) is 0 Å². The van der Waals surface area contributed by atoms with Crippen LogP contribution < -0.4 is 0 Å². The van der Waals surface area contributed by atoms with Gasteiger partial charge >= 0.3 is 5.97 Å².